The third kappa shape index (κ3) is 3.03. The number of urea groups is 1. The molecule has 2 aromatic rings. The zero-order valence-electron chi connectivity index (χ0n) is 12.6. The van der Waals surface area contributed by atoms with Crippen molar-refractivity contribution in [2.24, 2.45) is 0 Å². The minimum Gasteiger partial charge on any atom is -0.318 e. The number of carbonyl (C=O) groups excluding carboxylic acids is 1. The lowest BCUT2D eigenvalue weighted by atomic mass is 10.2. The van der Waals surface area contributed by atoms with Gasteiger partial charge in [-0.2, -0.15) is 0 Å². The molecule has 0 aliphatic carbocycles. The standard InChI is InChI=1S/C19H20N2O/c1-2-18-15-20(13-16-9-5-3-6-10-16)19(22)21(18)14-17-11-7-4-8-12-17/h2-12,18H,1,13-15H2/t18-/m0/s1. The molecule has 2 aromatic carbocycles. The molecule has 0 bridgehead atoms. The Morgan fingerprint density at radius 2 is 1.50 bits per heavy atom. The van der Waals surface area contributed by atoms with Gasteiger partial charge in [-0.05, 0) is 11.1 Å². The molecule has 0 saturated carbocycles. The van der Waals surface area contributed by atoms with Crippen molar-refractivity contribution in [3.8, 4) is 0 Å². The number of rotatable bonds is 5. The highest BCUT2D eigenvalue weighted by Crippen LogP contribution is 2.21. The van der Waals surface area contributed by atoms with Crippen LogP contribution in [0.25, 0.3) is 0 Å². The average molecular weight is 292 g/mol. The van der Waals surface area contributed by atoms with Crippen LogP contribution in [0.4, 0.5) is 4.79 Å². The van der Waals surface area contributed by atoms with Crippen molar-refractivity contribution in [2.75, 3.05) is 6.54 Å². The Balaban J connectivity index is 1.74. The summed E-state index contributed by atoms with van der Waals surface area (Å²) in [4.78, 5) is 16.5. The summed E-state index contributed by atoms with van der Waals surface area (Å²) in [6, 6.07) is 20.3. The van der Waals surface area contributed by atoms with Gasteiger partial charge >= 0.3 is 6.03 Å². The maximum absolute atomic E-state index is 12.7. The van der Waals surface area contributed by atoms with Crippen LogP contribution in [-0.4, -0.2) is 28.4 Å². The first-order chi connectivity index (χ1) is 10.8. The van der Waals surface area contributed by atoms with Crippen LogP contribution in [0, 0.1) is 0 Å². The summed E-state index contributed by atoms with van der Waals surface area (Å²) in [5, 5.41) is 0. The lowest BCUT2D eigenvalue weighted by Gasteiger charge is -2.21. The first-order valence-electron chi connectivity index (χ1n) is 7.54. The van der Waals surface area contributed by atoms with Gasteiger partial charge in [-0.15, -0.1) is 6.58 Å². The van der Waals surface area contributed by atoms with Crippen LogP contribution < -0.4 is 0 Å². The van der Waals surface area contributed by atoms with Crippen LogP contribution in [0.15, 0.2) is 73.3 Å². The SMILES string of the molecule is C=C[C@H]1CN(Cc2ccccc2)C(=O)N1Cc1ccccc1. The summed E-state index contributed by atoms with van der Waals surface area (Å²) >= 11 is 0. The summed E-state index contributed by atoms with van der Waals surface area (Å²) in [6.07, 6.45) is 1.87. The van der Waals surface area contributed by atoms with E-state index in [2.05, 4.69) is 18.7 Å². The Hall–Kier alpha value is -2.55. The summed E-state index contributed by atoms with van der Waals surface area (Å²) in [5.41, 5.74) is 2.30. The van der Waals surface area contributed by atoms with E-state index in [0.717, 1.165) is 11.1 Å². The molecule has 0 aromatic heterocycles. The summed E-state index contributed by atoms with van der Waals surface area (Å²) in [5.74, 6) is 0. The predicted octanol–water partition coefficient (Wildman–Crippen LogP) is 3.68. The minimum absolute atomic E-state index is 0.0661. The van der Waals surface area contributed by atoms with Gasteiger partial charge in [0.25, 0.3) is 0 Å². The lowest BCUT2D eigenvalue weighted by Crippen LogP contribution is -2.33. The lowest BCUT2D eigenvalue weighted by molar-refractivity contribution is 0.186. The molecule has 0 N–H and O–H groups in total. The van der Waals surface area contributed by atoms with E-state index in [-0.39, 0.29) is 12.1 Å². The van der Waals surface area contributed by atoms with E-state index in [1.54, 1.807) is 0 Å². The van der Waals surface area contributed by atoms with Crippen LogP contribution in [0.3, 0.4) is 0 Å². The predicted molar refractivity (Wildman–Crippen MR) is 88.2 cm³/mol. The molecule has 22 heavy (non-hydrogen) atoms. The molecule has 1 aliphatic heterocycles. The Morgan fingerprint density at radius 3 is 2.05 bits per heavy atom. The van der Waals surface area contributed by atoms with Crippen LogP contribution in [-0.2, 0) is 13.1 Å². The van der Waals surface area contributed by atoms with Gasteiger partial charge in [0.05, 0.1) is 6.04 Å². The third-order valence-electron chi connectivity index (χ3n) is 4.01. The van der Waals surface area contributed by atoms with Crippen LogP contribution in [0.2, 0.25) is 0 Å². The van der Waals surface area contributed by atoms with Gasteiger partial charge in [-0.3, -0.25) is 0 Å². The van der Waals surface area contributed by atoms with Crippen molar-refractivity contribution in [1.82, 2.24) is 9.80 Å². The Bertz CT molecular complexity index is 639. The van der Waals surface area contributed by atoms with Gasteiger partial charge in [-0.1, -0.05) is 66.7 Å². The molecule has 1 fully saturated rings. The Labute approximate surface area is 131 Å². The highest BCUT2D eigenvalue weighted by molar-refractivity contribution is 5.77. The second-order valence-electron chi connectivity index (χ2n) is 5.57. The fourth-order valence-electron chi connectivity index (χ4n) is 2.83. The van der Waals surface area contributed by atoms with E-state index >= 15 is 0 Å². The number of carbonyl (C=O) groups is 1. The molecule has 0 radical (unpaired) electrons. The molecule has 0 unspecified atom stereocenters. The zero-order chi connectivity index (χ0) is 15.4. The molecule has 3 rings (SSSR count). The van der Waals surface area contributed by atoms with Crippen molar-refractivity contribution in [3.63, 3.8) is 0 Å². The van der Waals surface area contributed by atoms with E-state index in [0.29, 0.717) is 19.6 Å². The van der Waals surface area contributed by atoms with E-state index < -0.39 is 0 Å². The van der Waals surface area contributed by atoms with E-state index in [1.165, 1.54) is 0 Å². The maximum Gasteiger partial charge on any atom is 0.321 e. The average Bonchev–Trinajstić information content (AvgIpc) is 2.86. The highest BCUT2D eigenvalue weighted by atomic mass is 16.2. The zero-order valence-corrected chi connectivity index (χ0v) is 12.6. The Morgan fingerprint density at radius 1 is 0.955 bits per heavy atom. The normalized spacial score (nSPS) is 17.8. The summed E-state index contributed by atoms with van der Waals surface area (Å²) in [6.45, 7) is 5.86. The van der Waals surface area contributed by atoms with Crippen molar-refractivity contribution < 1.29 is 4.79 Å². The second kappa shape index (κ2) is 6.48. The van der Waals surface area contributed by atoms with Crippen LogP contribution in [0.1, 0.15) is 11.1 Å². The molecule has 1 heterocycles. The number of nitrogens with zero attached hydrogens (tertiary/aromatic N) is 2. The van der Waals surface area contributed by atoms with E-state index in [4.69, 9.17) is 0 Å². The smallest absolute Gasteiger partial charge is 0.318 e. The number of hydrogen-bond acceptors (Lipinski definition) is 1. The molecule has 3 heteroatoms. The number of hydrogen-bond donors (Lipinski definition) is 0. The van der Waals surface area contributed by atoms with Crippen molar-refractivity contribution in [1.29, 1.82) is 0 Å². The summed E-state index contributed by atoms with van der Waals surface area (Å²) in [7, 11) is 0. The van der Waals surface area contributed by atoms with Gasteiger partial charge in [0.1, 0.15) is 0 Å². The highest BCUT2D eigenvalue weighted by Gasteiger charge is 2.35. The molecular formula is C19H20N2O. The van der Waals surface area contributed by atoms with Gasteiger partial charge < -0.3 is 9.80 Å². The fourth-order valence-corrected chi connectivity index (χ4v) is 2.83. The fraction of sp³-hybridized carbons (Fsp3) is 0.211. The Kier molecular flexibility index (Phi) is 4.24. The van der Waals surface area contributed by atoms with Crippen molar-refractivity contribution in [3.05, 3.63) is 84.4 Å². The topological polar surface area (TPSA) is 23.6 Å². The van der Waals surface area contributed by atoms with Gasteiger partial charge in [0.2, 0.25) is 0 Å². The minimum atomic E-state index is 0.0661. The number of benzene rings is 2. The molecule has 112 valence electrons. The first-order valence-corrected chi connectivity index (χ1v) is 7.54. The molecule has 2 amide bonds. The van der Waals surface area contributed by atoms with E-state index in [1.807, 2.05) is 64.4 Å². The molecule has 3 nitrogen and oxygen atoms in total. The quantitative estimate of drug-likeness (QED) is 0.771. The first kappa shape index (κ1) is 14.4. The van der Waals surface area contributed by atoms with E-state index in [9.17, 15) is 4.79 Å². The van der Waals surface area contributed by atoms with Crippen LogP contribution >= 0.6 is 0 Å². The van der Waals surface area contributed by atoms with Crippen molar-refractivity contribution in [2.45, 2.75) is 19.1 Å². The van der Waals surface area contributed by atoms with Gasteiger partial charge in [0, 0.05) is 19.6 Å². The largest absolute Gasteiger partial charge is 0.321 e. The monoisotopic (exact) mass is 292 g/mol. The third-order valence-corrected chi connectivity index (χ3v) is 4.01. The molecule has 1 saturated heterocycles. The molecule has 0 spiro atoms. The van der Waals surface area contributed by atoms with Crippen molar-refractivity contribution >= 4 is 6.03 Å². The molecular weight excluding hydrogens is 272 g/mol. The summed E-state index contributed by atoms with van der Waals surface area (Å²) < 4.78 is 0. The second-order valence-corrected chi connectivity index (χ2v) is 5.57. The maximum atomic E-state index is 12.7. The van der Waals surface area contributed by atoms with Gasteiger partial charge in [-0.25, -0.2) is 4.79 Å². The number of amides is 2. The van der Waals surface area contributed by atoms with Gasteiger partial charge in [0.15, 0.2) is 0 Å². The molecule has 1 aliphatic rings. The van der Waals surface area contributed by atoms with Crippen LogP contribution in [0.5, 0.6) is 0 Å². The molecule has 1 atom stereocenters.